The number of anilines is 1. The van der Waals surface area contributed by atoms with E-state index in [0.29, 0.717) is 6.10 Å². The fraction of sp³-hybridized carbons (Fsp3) is 0.600. The highest BCUT2D eigenvalue weighted by Gasteiger charge is 2.54. The third kappa shape index (κ3) is 1.23. The first-order valence-electron chi connectivity index (χ1n) is 6.96. The number of fused-ring (bicyclic) bond motifs is 2. The molecule has 3 atom stereocenters. The lowest BCUT2D eigenvalue weighted by atomic mass is 9.63. The largest absolute Gasteiger partial charge is 0.489 e. The molecule has 1 spiro atoms. The zero-order valence-electron chi connectivity index (χ0n) is 10.9. The van der Waals surface area contributed by atoms with Gasteiger partial charge in [-0.05, 0) is 57.5 Å². The Bertz CT molecular complexity index is 501. The summed E-state index contributed by atoms with van der Waals surface area (Å²) in [4.78, 5) is 2.52. The van der Waals surface area contributed by atoms with E-state index < -0.39 is 0 Å². The van der Waals surface area contributed by atoms with Crippen molar-refractivity contribution in [3.05, 3.63) is 23.8 Å². The monoisotopic (exact) mass is 244 g/mol. The third-order valence-corrected chi connectivity index (χ3v) is 5.32. The maximum atomic E-state index is 6.20. The van der Waals surface area contributed by atoms with Gasteiger partial charge in [-0.1, -0.05) is 0 Å². The summed E-state index contributed by atoms with van der Waals surface area (Å²) in [5.74, 6) is 1.08. The van der Waals surface area contributed by atoms with E-state index in [1.54, 1.807) is 0 Å². The number of piperidine rings is 1. The van der Waals surface area contributed by atoms with Crippen LogP contribution in [0.3, 0.4) is 0 Å². The van der Waals surface area contributed by atoms with Crippen molar-refractivity contribution in [1.82, 2.24) is 4.90 Å². The highest BCUT2D eigenvalue weighted by molar-refractivity contribution is 5.54. The van der Waals surface area contributed by atoms with Gasteiger partial charge in [0.05, 0.1) is 0 Å². The lowest BCUT2D eigenvalue weighted by Gasteiger charge is -2.49. The third-order valence-electron chi connectivity index (χ3n) is 5.32. The van der Waals surface area contributed by atoms with Gasteiger partial charge in [0.2, 0.25) is 0 Å². The van der Waals surface area contributed by atoms with Crippen LogP contribution in [0, 0.1) is 0 Å². The van der Waals surface area contributed by atoms with Crippen LogP contribution in [0.1, 0.15) is 31.2 Å². The number of nitrogens with zero attached hydrogens (tertiary/aromatic N) is 1. The molecular formula is C15H20N2O. The number of nitrogens with two attached hydrogens (primary N) is 1. The van der Waals surface area contributed by atoms with Crippen molar-refractivity contribution in [2.24, 2.45) is 0 Å². The van der Waals surface area contributed by atoms with Crippen molar-refractivity contribution in [1.29, 1.82) is 0 Å². The van der Waals surface area contributed by atoms with Crippen molar-refractivity contribution in [3.63, 3.8) is 0 Å². The molecule has 0 aromatic heterocycles. The van der Waals surface area contributed by atoms with Gasteiger partial charge in [-0.3, -0.25) is 0 Å². The second-order valence-corrected chi connectivity index (χ2v) is 6.18. The van der Waals surface area contributed by atoms with Crippen LogP contribution >= 0.6 is 0 Å². The quantitative estimate of drug-likeness (QED) is 0.711. The number of rotatable bonds is 0. The van der Waals surface area contributed by atoms with Gasteiger partial charge in [0.1, 0.15) is 11.9 Å². The number of likely N-dealkylation sites (tertiary alicyclic amines) is 1. The van der Waals surface area contributed by atoms with Crippen LogP contribution in [0.4, 0.5) is 5.69 Å². The molecule has 3 nitrogen and oxygen atoms in total. The minimum absolute atomic E-state index is 0.250. The predicted octanol–water partition coefficient (Wildman–Crippen LogP) is 2.16. The molecule has 1 aromatic rings. The van der Waals surface area contributed by atoms with Crippen molar-refractivity contribution >= 4 is 5.69 Å². The van der Waals surface area contributed by atoms with Crippen molar-refractivity contribution in [2.75, 3.05) is 19.3 Å². The number of hydrogen-bond acceptors (Lipinski definition) is 3. The summed E-state index contributed by atoms with van der Waals surface area (Å²) < 4.78 is 6.20. The van der Waals surface area contributed by atoms with Crippen LogP contribution in [-0.2, 0) is 5.41 Å². The molecule has 96 valence electrons. The Balaban J connectivity index is 1.83. The van der Waals surface area contributed by atoms with Crippen molar-refractivity contribution in [2.45, 2.75) is 43.2 Å². The maximum absolute atomic E-state index is 6.20. The summed E-state index contributed by atoms with van der Waals surface area (Å²) in [6.07, 6.45) is 5.29. The van der Waals surface area contributed by atoms with E-state index in [1.165, 1.54) is 37.8 Å². The molecule has 2 bridgehead atoms. The van der Waals surface area contributed by atoms with Gasteiger partial charge < -0.3 is 15.4 Å². The van der Waals surface area contributed by atoms with Gasteiger partial charge in [0, 0.05) is 22.7 Å². The standard InChI is InChI=1S/C15H20N2O/c1-17-7-6-15-9-11(17)3-5-14(15)18-13-4-2-10(16)8-12(13)15/h2,4,8,11,14H,3,5-7,9,16H2,1H3/t11-,14-,15+/m1/s1. The van der Waals surface area contributed by atoms with Gasteiger partial charge in [-0.15, -0.1) is 0 Å². The second kappa shape index (κ2) is 3.41. The molecule has 0 radical (unpaired) electrons. The molecule has 2 heterocycles. The lowest BCUT2D eigenvalue weighted by molar-refractivity contribution is 0.00488. The Kier molecular flexibility index (Phi) is 2.03. The van der Waals surface area contributed by atoms with Crippen LogP contribution in [0.15, 0.2) is 18.2 Å². The van der Waals surface area contributed by atoms with E-state index >= 15 is 0 Å². The SMILES string of the molecule is CN1CC[C@@]23C[C@H]1CC[C@H]2Oc1ccc(N)cc13. The molecule has 18 heavy (non-hydrogen) atoms. The second-order valence-electron chi connectivity index (χ2n) is 6.18. The van der Waals surface area contributed by atoms with E-state index in [2.05, 4.69) is 24.1 Å². The molecule has 1 saturated carbocycles. The fourth-order valence-corrected chi connectivity index (χ4v) is 4.25. The minimum atomic E-state index is 0.250. The molecule has 2 aliphatic heterocycles. The van der Waals surface area contributed by atoms with Gasteiger partial charge in [-0.25, -0.2) is 0 Å². The molecule has 1 aliphatic carbocycles. The summed E-state index contributed by atoms with van der Waals surface area (Å²) in [6.45, 7) is 1.18. The summed E-state index contributed by atoms with van der Waals surface area (Å²) in [5, 5.41) is 0. The topological polar surface area (TPSA) is 38.5 Å². The molecule has 0 unspecified atom stereocenters. The van der Waals surface area contributed by atoms with Crippen molar-refractivity contribution in [3.8, 4) is 5.75 Å². The molecule has 0 amide bonds. The molecule has 1 saturated heterocycles. The number of hydrogen-bond donors (Lipinski definition) is 1. The minimum Gasteiger partial charge on any atom is -0.489 e. The smallest absolute Gasteiger partial charge is 0.123 e. The molecule has 1 aromatic carbocycles. The first kappa shape index (κ1) is 10.7. The van der Waals surface area contributed by atoms with E-state index in [-0.39, 0.29) is 5.41 Å². The van der Waals surface area contributed by atoms with Crippen molar-refractivity contribution < 1.29 is 4.74 Å². The zero-order chi connectivity index (χ0) is 12.3. The fourth-order valence-electron chi connectivity index (χ4n) is 4.25. The Morgan fingerprint density at radius 1 is 1.39 bits per heavy atom. The average Bonchev–Trinajstić information content (AvgIpc) is 2.68. The van der Waals surface area contributed by atoms with E-state index in [0.717, 1.165) is 17.5 Å². The van der Waals surface area contributed by atoms with Crippen LogP contribution < -0.4 is 10.5 Å². The first-order chi connectivity index (χ1) is 8.69. The molecular weight excluding hydrogens is 224 g/mol. The molecule has 3 heteroatoms. The summed E-state index contributed by atoms with van der Waals surface area (Å²) in [7, 11) is 2.26. The summed E-state index contributed by atoms with van der Waals surface area (Å²) >= 11 is 0. The van der Waals surface area contributed by atoms with Gasteiger partial charge in [0.25, 0.3) is 0 Å². The molecule has 4 rings (SSSR count). The van der Waals surface area contributed by atoms with Gasteiger partial charge in [-0.2, -0.15) is 0 Å². The Morgan fingerprint density at radius 2 is 2.28 bits per heavy atom. The van der Waals surface area contributed by atoms with E-state index in [4.69, 9.17) is 10.5 Å². The molecule has 3 aliphatic rings. The highest BCUT2D eigenvalue weighted by atomic mass is 16.5. The van der Waals surface area contributed by atoms with Crippen LogP contribution in [0.5, 0.6) is 5.75 Å². The lowest BCUT2D eigenvalue weighted by Crippen LogP contribution is -2.55. The van der Waals surface area contributed by atoms with E-state index in [1.807, 2.05) is 6.07 Å². The maximum Gasteiger partial charge on any atom is 0.123 e. The zero-order valence-corrected chi connectivity index (χ0v) is 10.9. The highest BCUT2D eigenvalue weighted by Crippen LogP contribution is 2.55. The van der Waals surface area contributed by atoms with Gasteiger partial charge >= 0.3 is 0 Å². The Morgan fingerprint density at radius 3 is 3.17 bits per heavy atom. The van der Waals surface area contributed by atoms with Crippen LogP contribution in [-0.4, -0.2) is 30.6 Å². The number of ether oxygens (including phenoxy) is 1. The summed E-state index contributed by atoms with van der Waals surface area (Å²) in [6, 6.07) is 6.90. The average molecular weight is 244 g/mol. The predicted molar refractivity (Wildman–Crippen MR) is 71.8 cm³/mol. The first-order valence-corrected chi connectivity index (χ1v) is 6.96. The Labute approximate surface area is 108 Å². The normalized spacial score (nSPS) is 37.8. The van der Waals surface area contributed by atoms with E-state index in [9.17, 15) is 0 Å². The summed E-state index contributed by atoms with van der Waals surface area (Å²) in [5.41, 5.74) is 8.48. The number of benzene rings is 1. The number of nitrogen functional groups attached to an aromatic ring is 1. The molecule has 2 fully saturated rings. The Hall–Kier alpha value is -1.22. The van der Waals surface area contributed by atoms with Crippen LogP contribution in [0.2, 0.25) is 0 Å². The van der Waals surface area contributed by atoms with Crippen LogP contribution in [0.25, 0.3) is 0 Å². The molecule has 2 N–H and O–H groups in total. The van der Waals surface area contributed by atoms with Gasteiger partial charge in [0.15, 0.2) is 0 Å².